The second-order valence-corrected chi connectivity index (χ2v) is 13.3. The summed E-state index contributed by atoms with van der Waals surface area (Å²) in [5, 5.41) is 0. The van der Waals surface area contributed by atoms with E-state index in [4.69, 9.17) is 129 Å². The maximum absolute atomic E-state index is 14.3. The van der Waals surface area contributed by atoms with Gasteiger partial charge in [0.05, 0.1) is 51.7 Å². The predicted octanol–water partition coefficient (Wildman–Crippen LogP) is -0.196. The smallest absolute Gasteiger partial charge is 0.338 e. The lowest BCUT2D eigenvalue weighted by molar-refractivity contribution is -0.197. The van der Waals surface area contributed by atoms with Gasteiger partial charge in [0.2, 0.25) is 23.0 Å². The summed E-state index contributed by atoms with van der Waals surface area (Å²) in [4.78, 5) is 81.1. The van der Waals surface area contributed by atoms with Gasteiger partial charge in [-0.1, -0.05) is 6.58 Å². The molecule has 0 saturated carbocycles. The van der Waals surface area contributed by atoms with Crippen LogP contribution in [-0.4, -0.2) is 84.0 Å². The molecule has 4 unspecified atom stereocenters. The minimum absolute atomic E-state index is 0.0106. The first-order valence-electron chi connectivity index (χ1n) is 18.7. The van der Waals surface area contributed by atoms with E-state index in [0.29, 0.717) is 0 Å². The summed E-state index contributed by atoms with van der Waals surface area (Å²) in [5.74, 6) is 38.1. The van der Waals surface area contributed by atoms with E-state index in [1.54, 1.807) is 0 Å². The zero-order chi connectivity index (χ0) is 48.9. The van der Waals surface area contributed by atoms with Gasteiger partial charge in [-0.3, -0.25) is 0 Å². The molecule has 0 amide bonds. The number of carbonyl (C=O) groups is 3. The van der Waals surface area contributed by atoms with Crippen LogP contribution in [0.2, 0.25) is 0 Å². The molecule has 0 spiro atoms. The van der Waals surface area contributed by atoms with Gasteiger partial charge in [0.25, 0.3) is 0 Å². The van der Waals surface area contributed by atoms with Crippen molar-refractivity contribution in [3.63, 3.8) is 0 Å². The van der Waals surface area contributed by atoms with E-state index >= 15 is 0 Å². The third-order valence-electron chi connectivity index (χ3n) is 9.66. The Morgan fingerprint density at radius 3 is 1.22 bits per heavy atom. The Balaban J connectivity index is 1.63. The second-order valence-electron chi connectivity index (χ2n) is 13.3. The summed E-state index contributed by atoms with van der Waals surface area (Å²) in [7, 11) is 5.15. The number of nitrogens with two attached hydrogens (primary N) is 8. The van der Waals surface area contributed by atoms with Crippen LogP contribution in [-0.2, 0) is 23.7 Å². The highest BCUT2D eigenvalue weighted by Gasteiger charge is 2.49. The van der Waals surface area contributed by atoms with Crippen LogP contribution < -0.4 is 105 Å². The highest BCUT2D eigenvalue weighted by atomic mass is 16.7. The van der Waals surface area contributed by atoms with Crippen molar-refractivity contribution in [2.45, 2.75) is 24.4 Å². The van der Waals surface area contributed by atoms with Crippen molar-refractivity contribution in [3.8, 4) is 69.0 Å². The number of rotatable bonds is 22. The number of hydrogen-bond donors (Lipinski definition) is 8. The van der Waals surface area contributed by atoms with Crippen molar-refractivity contribution in [2.24, 2.45) is 47.2 Å². The molecule has 28 heteroatoms. The van der Waals surface area contributed by atoms with E-state index < -0.39 is 55.5 Å². The average Bonchev–Trinajstić information content (AvgIpc) is 3.36. The Bertz CT molecular complexity index is 2340. The lowest BCUT2D eigenvalue weighted by atomic mass is 9.98. The summed E-state index contributed by atoms with van der Waals surface area (Å²) in [5.41, 5.74) is -0.584. The van der Waals surface area contributed by atoms with Gasteiger partial charge in [-0.25, -0.2) is 14.4 Å². The van der Waals surface area contributed by atoms with Gasteiger partial charge in [-0.05, 0) is 24.3 Å². The van der Waals surface area contributed by atoms with Gasteiger partial charge >= 0.3 is 17.9 Å². The zero-order valence-electron chi connectivity index (χ0n) is 35.8. The molecule has 1 heterocycles. The maximum Gasteiger partial charge on any atom is 0.338 e. The normalized spacial score (nSPS) is 16.2. The molecule has 4 atom stereocenters. The van der Waals surface area contributed by atoms with Gasteiger partial charge in [0.1, 0.15) is 18.5 Å². The zero-order valence-corrected chi connectivity index (χ0v) is 35.8. The first-order chi connectivity index (χ1) is 32.3. The minimum atomic E-state index is -1.79. The third-order valence-corrected chi connectivity index (χ3v) is 9.66. The Morgan fingerprint density at radius 2 is 0.821 bits per heavy atom. The van der Waals surface area contributed by atoms with Gasteiger partial charge < -0.3 is 81.3 Å². The highest BCUT2D eigenvalue weighted by Crippen LogP contribution is 2.42. The molecule has 67 heavy (non-hydrogen) atoms. The molecule has 1 saturated heterocycles. The average molecular weight is 947 g/mol. The van der Waals surface area contributed by atoms with Crippen molar-refractivity contribution in [3.05, 3.63) is 77.4 Å². The summed E-state index contributed by atoms with van der Waals surface area (Å²) in [6, 6.07) is 9.59. The number of hydrogen-bond acceptors (Lipinski definition) is 28. The van der Waals surface area contributed by atoms with Crippen molar-refractivity contribution < 1.29 is 95.7 Å². The number of ether oxygens (including phenoxy) is 9. The van der Waals surface area contributed by atoms with E-state index in [-0.39, 0.29) is 97.0 Å². The number of methoxy groups -OCH3 is 4. The first kappa shape index (κ1) is 50.1. The number of carbonyl (C=O) groups excluding carboxylic acids is 3. The maximum atomic E-state index is 14.3. The molecule has 28 nitrogen and oxygen atoms in total. The SMILES string of the molecule is C=C(OCC1OCC(OC(=O)c2cc(ON)c(ON)c(ON)c2)C(OC(=O)c2cc(OC)c(OC)c(ON)c2)C1OC(=O)c1cc(OC)c(ON)c(ON)c1)c1cc(OC)c(ON)c(ON)c1. The van der Waals surface area contributed by atoms with E-state index in [0.717, 1.165) is 24.3 Å². The molecule has 4 aromatic rings. The molecule has 1 fully saturated rings. The fourth-order valence-corrected chi connectivity index (χ4v) is 6.48. The summed E-state index contributed by atoms with van der Waals surface area (Å²) in [6.07, 6.45) is -6.57. The van der Waals surface area contributed by atoms with E-state index in [1.165, 1.54) is 52.7 Å². The Kier molecular flexibility index (Phi) is 17.0. The summed E-state index contributed by atoms with van der Waals surface area (Å²) >= 11 is 0. The van der Waals surface area contributed by atoms with Crippen LogP contribution in [0, 0.1) is 0 Å². The molecule has 362 valence electrons. The largest absolute Gasteiger partial charge is 0.493 e. The summed E-state index contributed by atoms with van der Waals surface area (Å²) in [6.45, 7) is 2.89. The fourth-order valence-electron chi connectivity index (χ4n) is 6.48. The Labute approximate surface area is 378 Å². The molecule has 16 N–H and O–H groups in total. The van der Waals surface area contributed by atoms with Gasteiger partial charge in [-0.15, -0.1) is 0 Å². The first-order valence-corrected chi connectivity index (χ1v) is 18.7. The van der Waals surface area contributed by atoms with Crippen LogP contribution in [0.1, 0.15) is 36.6 Å². The topological polar surface area (TPSA) is 416 Å². The Morgan fingerprint density at radius 1 is 0.478 bits per heavy atom. The monoisotopic (exact) mass is 946 g/mol. The lowest BCUT2D eigenvalue weighted by Gasteiger charge is -2.40. The van der Waals surface area contributed by atoms with Crippen LogP contribution in [0.25, 0.3) is 5.76 Å². The molecule has 1 aliphatic rings. The molecule has 0 bridgehead atoms. The van der Waals surface area contributed by atoms with Gasteiger partial charge in [0.15, 0.2) is 64.3 Å². The van der Waals surface area contributed by atoms with Crippen LogP contribution in [0.4, 0.5) is 0 Å². The molecule has 0 aromatic heterocycles. The van der Waals surface area contributed by atoms with Crippen molar-refractivity contribution >= 4 is 23.7 Å². The standard InChI is InChI=1S/C39H46N8O20/c1-16(17-6-22(52-3)32(65-45)25(7-17)61-41)55-14-29-35(58-38(49)19-9-23(53-4)33(66-46)26(11-19)62-42)36(59-39(50)18-8-21(51-2)31(54-5)24(10-18)60-40)30(15-56-29)57-37(48)20-12-27(63-43)34(67-47)28(13-20)64-44/h6-13,29-30,35-36H,1,14-15,40-47H2,2-5H3. The van der Waals surface area contributed by atoms with Crippen molar-refractivity contribution in [2.75, 3.05) is 41.7 Å². The summed E-state index contributed by atoms with van der Waals surface area (Å²) < 4.78 is 51.5. The highest BCUT2D eigenvalue weighted by molar-refractivity contribution is 5.93. The molecule has 0 aliphatic carbocycles. The van der Waals surface area contributed by atoms with Crippen LogP contribution in [0.15, 0.2) is 55.1 Å². The minimum Gasteiger partial charge on any atom is -0.493 e. The Hall–Kier alpha value is -7.93. The van der Waals surface area contributed by atoms with Crippen molar-refractivity contribution in [1.29, 1.82) is 0 Å². The quantitative estimate of drug-likeness (QED) is 0.0219. The van der Waals surface area contributed by atoms with Crippen LogP contribution in [0.5, 0.6) is 69.0 Å². The fraction of sp³-hybridized carbons (Fsp3) is 0.256. The molecule has 0 radical (unpaired) electrons. The van der Waals surface area contributed by atoms with E-state index in [9.17, 15) is 14.4 Å². The van der Waals surface area contributed by atoms with E-state index in [1.807, 2.05) is 0 Å². The molecule has 5 rings (SSSR count). The van der Waals surface area contributed by atoms with Gasteiger partial charge in [-0.2, -0.15) is 47.2 Å². The van der Waals surface area contributed by atoms with Crippen LogP contribution >= 0.6 is 0 Å². The molecular weight excluding hydrogens is 900 g/mol. The number of esters is 3. The lowest BCUT2D eigenvalue weighted by Crippen LogP contribution is -2.58. The molecule has 1 aliphatic heterocycles. The number of benzene rings is 4. The molecular formula is C39H46N8O20. The third kappa shape index (κ3) is 10.8. The predicted molar refractivity (Wildman–Crippen MR) is 223 cm³/mol. The molecule has 4 aromatic carbocycles. The van der Waals surface area contributed by atoms with Crippen LogP contribution in [0.3, 0.4) is 0 Å². The second kappa shape index (κ2) is 22.8. The van der Waals surface area contributed by atoms with E-state index in [2.05, 4.69) is 6.58 Å². The van der Waals surface area contributed by atoms with Gasteiger partial charge in [0, 0.05) is 29.8 Å². The van der Waals surface area contributed by atoms with Crippen molar-refractivity contribution in [1.82, 2.24) is 0 Å².